The smallest absolute Gasteiger partial charge is 0.279 e. The molecule has 2 aliphatic rings. The number of hydrogen-bond donors (Lipinski definition) is 1. The molecule has 2 aliphatic heterocycles. The summed E-state index contributed by atoms with van der Waals surface area (Å²) in [4.78, 5) is 21.1. The zero-order valence-corrected chi connectivity index (χ0v) is 19.0. The highest BCUT2D eigenvalue weighted by molar-refractivity contribution is 7.20. The molecule has 168 valence electrons. The number of carbonyl (C=O) groups excluding carboxylic acids is 1. The van der Waals surface area contributed by atoms with Gasteiger partial charge in [-0.05, 0) is 56.7 Å². The lowest BCUT2D eigenvalue weighted by Crippen LogP contribution is -2.54. The van der Waals surface area contributed by atoms with Crippen LogP contribution >= 0.6 is 11.3 Å². The van der Waals surface area contributed by atoms with Crippen LogP contribution in [0.1, 0.15) is 20.3 Å². The molecule has 8 heteroatoms. The van der Waals surface area contributed by atoms with E-state index < -0.39 is 5.60 Å². The number of aromatic nitrogens is 1. The molecule has 7 nitrogen and oxygen atoms in total. The topological polar surface area (TPSA) is 75.1 Å². The van der Waals surface area contributed by atoms with Gasteiger partial charge in [0.25, 0.3) is 11.1 Å². The molecular weight excluding hydrogens is 426 g/mol. The molecule has 0 spiro atoms. The van der Waals surface area contributed by atoms with Crippen molar-refractivity contribution in [1.29, 1.82) is 0 Å². The van der Waals surface area contributed by atoms with Crippen LogP contribution < -0.4 is 9.47 Å². The van der Waals surface area contributed by atoms with Crippen molar-refractivity contribution in [3.8, 4) is 16.7 Å². The van der Waals surface area contributed by atoms with Gasteiger partial charge in [0.2, 0.25) is 0 Å². The molecule has 2 bridgehead atoms. The average Bonchev–Trinajstić information content (AvgIpc) is 3.47. The second-order valence-electron chi connectivity index (χ2n) is 8.92. The molecule has 2 aromatic carbocycles. The van der Waals surface area contributed by atoms with E-state index in [-0.39, 0.29) is 11.9 Å². The lowest BCUT2D eigenvalue weighted by atomic mass is 10.1. The van der Waals surface area contributed by atoms with Gasteiger partial charge in [0, 0.05) is 31.7 Å². The molecule has 1 aromatic heterocycles. The normalized spacial score (nSPS) is 20.8. The SMILES string of the molecule is CC(C)(O)C(=O)N1CC2CC1CN2CCOc1ccc(Oc2nc3ccccc3s2)cc1. The summed E-state index contributed by atoms with van der Waals surface area (Å²) in [6.45, 7) is 6.04. The minimum absolute atomic E-state index is 0.172. The van der Waals surface area contributed by atoms with Gasteiger partial charge in [0.05, 0.1) is 10.2 Å². The van der Waals surface area contributed by atoms with Crippen LogP contribution in [0.4, 0.5) is 0 Å². The lowest BCUT2D eigenvalue weighted by Gasteiger charge is -2.36. The summed E-state index contributed by atoms with van der Waals surface area (Å²) in [7, 11) is 0. The van der Waals surface area contributed by atoms with Crippen molar-refractivity contribution in [2.45, 2.75) is 38.0 Å². The number of aliphatic hydroxyl groups is 1. The van der Waals surface area contributed by atoms with E-state index in [0.29, 0.717) is 24.4 Å². The van der Waals surface area contributed by atoms with Crippen molar-refractivity contribution in [3.05, 3.63) is 48.5 Å². The molecule has 5 rings (SSSR count). The standard InChI is InChI=1S/C24H27N3O4S/c1-24(2,29)22(28)27-15-16-13-17(27)14-26(16)11-12-30-18-7-9-19(10-8-18)31-23-25-20-5-3-4-6-21(20)32-23/h3-10,16-17,29H,11-15H2,1-2H3. The van der Waals surface area contributed by atoms with Crippen molar-refractivity contribution in [3.63, 3.8) is 0 Å². The predicted molar refractivity (Wildman–Crippen MR) is 123 cm³/mol. The van der Waals surface area contributed by atoms with Crippen LogP contribution in [-0.4, -0.2) is 69.7 Å². The molecular formula is C24H27N3O4S. The van der Waals surface area contributed by atoms with E-state index in [1.807, 2.05) is 53.4 Å². The fourth-order valence-corrected chi connectivity index (χ4v) is 5.34. The number of nitrogens with zero attached hydrogens (tertiary/aromatic N) is 3. The fourth-order valence-electron chi connectivity index (χ4n) is 4.50. The minimum atomic E-state index is -1.30. The zero-order chi connectivity index (χ0) is 22.3. The van der Waals surface area contributed by atoms with Gasteiger partial charge in [0.15, 0.2) is 0 Å². The van der Waals surface area contributed by atoms with Crippen LogP contribution in [-0.2, 0) is 4.79 Å². The highest BCUT2D eigenvalue weighted by Crippen LogP contribution is 2.33. The van der Waals surface area contributed by atoms with Crippen molar-refractivity contribution in [1.82, 2.24) is 14.8 Å². The summed E-state index contributed by atoms with van der Waals surface area (Å²) in [6, 6.07) is 16.1. The quantitative estimate of drug-likeness (QED) is 0.590. The molecule has 1 amide bonds. The maximum atomic E-state index is 12.4. The molecule has 2 saturated heterocycles. The van der Waals surface area contributed by atoms with E-state index in [9.17, 15) is 9.90 Å². The van der Waals surface area contributed by atoms with E-state index in [2.05, 4.69) is 9.88 Å². The summed E-state index contributed by atoms with van der Waals surface area (Å²) in [6.07, 6.45) is 0.972. The largest absolute Gasteiger partial charge is 0.492 e. The van der Waals surface area contributed by atoms with Gasteiger partial charge >= 0.3 is 0 Å². The van der Waals surface area contributed by atoms with E-state index in [1.165, 1.54) is 11.3 Å². The van der Waals surface area contributed by atoms with Crippen LogP contribution in [0.25, 0.3) is 10.2 Å². The van der Waals surface area contributed by atoms with Crippen LogP contribution in [0.15, 0.2) is 48.5 Å². The second kappa shape index (κ2) is 8.35. The zero-order valence-electron chi connectivity index (χ0n) is 18.2. The first-order valence-corrected chi connectivity index (χ1v) is 11.7. The van der Waals surface area contributed by atoms with E-state index in [4.69, 9.17) is 9.47 Å². The Balaban J connectivity index is 1.09. The Morgan fingerprint density at radius 1 is 1.12 bits per heavy atom. The van der Waals surface area contributed by atoms with E-state index in [0.717, 1.165) is 41.2 Å². The second-order valence-corrected chi connectivity index (χ2v) is 9.92. The van der Waals surface area contributed by atoms with Gasteiger partial charge < -0.3 is 19.5 Å². The molecule has 0 saturated carbocycles. The van der Waals surface area contributed by atoms with Gasteiger partial charge in [-0.2, -0.15) is 0 Å². The van der Waals surface area contributed by atoms with Gasteiger partial charge in [-0.1, -0.05) is 23.5 Å². The molecule has 3 heterocycles. The monoisotopic (exact) mass is 453 g/mol. The Kier molecular flexibility index (Phi) is 5.53. The first-order chi connectivity index (χ1) is 15.4. The maximum absolute atomic E-state index is 12.4. The number of para-hydroxylation sites is 1. The summed E-state index contributed by atoms with van der Waals surface area (Å²) >= 11 is 1.52. The van der Waals surface area contributed by atoms with Crippen LogP contribution in [0.2, 0.25) is 0 Å². The molecule has 0 aliphatic carbocycles. The predicted octanol–water partition coefficient (Wildman–Crippen LogP) is 3.52. The number of benzene rings is 2. The van der Waals surface area contributed by atoms with E-state index >= 15 is 0 Å². The molecule has 2 atom stereocenters. The minimum Gasteiger partial charge on any atom is -0.492 e. The Hall–Kier alpha value is -2.68. The molecule has 2 unspecified atom stereocenters. The molecule has 0 radical (unpaired) electrons. The first-order valence-electron chi connectivity index (χ1n) is 10.9. The third-order valence-corrected chi connectivity index (χ3v) is 7.00. The van der Waals surface area contributed by atoms with Crippen molar-refractivity contribution in [2.24, 2.45) is 0 Å². The van der Waals surface area contributed by atoms with E-state index in [1.54, 1.807) is 13.8 Å². The van der Waals surface area contributed by atoms with Gasteiger partial charge in [-0.15, -0.1) is 0 Å². The number of piperazine rings is 1. The number of thiazole rings is 1. The highest BCUT2D eigenvalue weighted by Gasteiger charge is 2.47. The third-order valence-electron chi connectivity index (χ3n) is 6.09. The number of hydrogen-bond acceptors (Lipinski definition) is 7. The summed E-state index contributed by atoms with van der Waals surface area (Å²) in [5.41, 5.74) is -0.364. The Bertz CT molecular complexity index is 1080. The van der Waals surface area contributed by atoms with Gasteiger partial charge in [-0.3, -0.25) is 9.69 Å². The van der Waals surface area contributed by atoms with Crippen molar-refractivity contribution < 1.29 is 19.4 Å². The van der Waals surface area contributed by atoms with Crippen LogP contribution in [0.3, 0.4) is 0 Å². The third kappa shape index (κ3) is 4.30. The first kappa shape index (κ1) is 21.2. The Morgan fingerprint density at radius 2 is 1.88 bits per heavy atom. The summed E-state index contributed by atoms with van der Waals surface area (Å²) in [5.74, 6) is 1.35. The number of fused-ring (bicyclic) bond motifs is 3. The van der Waals surface area contributed by atoms with Crippen molar-refractivity contribution in [2.75, 3.05) is 26.2 Å². The molecule has 3 aromatic rings. The van der Waals surface area contributed by atoms with Crippen LogP contribution in [0.5, 0.6) is 16.7 Å². The number of amides is 1. The molecule has 1 N–H and O–H groups in total. The Labute approximate surface area is 191 Å². The molecule has 2 fully saturated rings. The summed E-state index contributed by atoms with van der Waals surface area (Å²) in [5, 5.41) is 10.6. The van der Waals surface area contributed by atoms with Gasteiger partial charge in [-0.25, -0.2) is 4.98 Å². The number of carbonyl (C=O) groups is 1. The number of likely N-dealkylation sites (tertiary alicyclic amines) is 2. The number of rotatable bonds is 7. The summed E-state index contributed by atoms with van der Waals surface area (Å²) < 4.78 is 12.9. The fraction of sp³-hybridized carbons (Fsp3) is 0.417. The van der Waals surface area contributed by atoms with Crippen LogP contribution in [0, 0.1) is 0 Å². The highest BCUT2D eigenvalue weighted by atomic mass is 32.1. The average molecular weight is 454 g/mol. The molecule has 32 heavy (non-hydrogen) atoms. The maximum Gasteiger partial charge on any atom is 0.279 e. The Morgan fingerprint density at radius 3 is 2.56 bits per heavy atom. The van der Waals surface area contributed by atoms with Gasteiger partial charge in [0.1, 0.15) is 23.7 Å². The van der Waals surface area contributed by atoms with Crippen molar-refractivity contribution >= 4 is 27.5 Å². The number of ether oxygens (including phenoxy) is 2. The lowest BCUT2D eigenvalue weighted by molar-refractivity contribution is -0.150.